The van der Waals surface area contributed by atoms with E-state index in [9.17, 15) is 9.18 Å². The molecule has 7 rings (SSSR count). The molecule has 0 unspecified atom stereocenters. The topological polar surface area (TPSA) is 95.8 Å². The van der Waals surface area contributed by atoms with Gasteiger partial charge in [-0.25, -0.2) is 14.4 Å². The van der Waals surface area contributed by atoms with E-state index in [0.29, 0.717) is 30.7 Å². The average molecular weight is 523 g/mol. The lowest BCUT2D eigenvalue weighted by Crippen LogP contribution is -2.56. The van der Waals surface area contributed by atoms with Crippen LogP contribution in [0.2, 0.25) is 0 Å². The number of aromatic amines is 1. The Bertz CT molecular complexity index is 1630. The lowest BCUT2D eigenvalue weighted by molar-refractivity contribution is 0.0196. The van der Waals surface area contributed by atoms with Crippen LogP contribution in [0.15, 0.2) is 73.7 Å². The first-order valence-corrected chi connectivity index (χ1v) is 13.2. The third-order valence-electron chi connectivity index (χ3n) is 7.96. The summed E-state index contributed by atoms with van der Waals surface area (Å²) in [5, 5.41) is 5.60. The van der Waals surface area contributed by atoms with Gasteiger partial charge in [-0.3, -0.25) is 19.4 Å². The summed E-state index contributed by atoms with van der Waals surface area (Å²) in [6.07, 6.45) is 12.5. The zero-order valence-corrected chi connectivity index (χ0v) is 21.2. The Balaban J connectivity index is 0.945. The molecule has 196 valence electrons. The summed E-state index contributed by atoms with van der Waals surface area (Å²) < 4.78 is 16.9. The number of benzene rings is 1. The van der Waals surface area contributed by atoms with Crippen LogP contribution in [0.1, 0.15) is 29.2 Å². The quantitative estimate of drug-likeness (QED) is 0.372. The molecule has 0 saturated carbocycles. The number of carbonyl (C=O) groups is 1. The summed E-state index contributed by atoms with van der Waals surface area (Å²) in [5.74, 6) is -0.734. The van der Waals surface area contributed by atoms with Crippen molar-refractivity contribution in [3.63, 3.8) is 0 Å². The van der Waals surface area contributed by atoms with Crippen molar-refractivity contribution >= 4 is 16.9 Å². The third-order valence-corrected chi connectivity index (χ3v) is 7.96. The fraction of sp³-hybridized carbons (Fsp3) is 0.276. The van der Waals surface area contributed by atoms with Crippen LogP contribution in [0.5, 0.6) is 0 Å². The van der Waals surface area contributed by atoms with Gasteiger partial charge in [0.2, 0.25) is 0 Å². The smallest absolute Gasteiger partial charge is 0.256 e. The van der Waals surface area contributed by atoms with Gasteiger partial charge in [-0.15, -0.1) is 0 Å². The first kappa shape index (κ1) is 23.7. The van der Waals surface area contributed by atoms with E-state index in [1.54, 1.807) is 35.8 Å². The second-order valence-electron chi connectivity index (χ2n) is 10.2. The average Bonchev–Trinajstić information content (AvgIpc) is 3.63. The largest absolute Gasteiger partial charge is 0.346 e. The second-order valence-corrected chi connectivity index (χ2v) is 10.2. The van der Waals surface area contributed by atoms with E-state index in [1.807, 2.05) is 35.3 Å². The van der Waals surface area contributed by atoms with Gasteiger partial charge in [-0.2, -0.15) is 5.10 Å². The molecule has 1 aromatic carbocycles. The van der Waals surface area contributed by atoms with Crippen LogP contribution in [0.3, 0.4) is 0 Å². The molecule has 9 nitrogen and oxygen atoms in total. The lowest BCUT2D eigenvalue weighted by Gasteiger charge is -2.47. The standard InChI is InChI=1S/C29H27FN8O/c30-26-12-19(20-2-1-8-31-13-20)3-4-24(26)29(39)36-10-6-22(7-11-36)37-16-23(17-37)38-15-21(14-35-38)27-25-5-9-32-28(25)34-18-33-27/h1-5,8-9,12-15,18,22-23H,6-7,10-11,16-17H2,(H,32,33,34). The molecule has 4 aromatic heterocycles. The number of fused-ring (bicyclic) bond motifs is 1. The molecule has 2 saturated heterocycles. The Morgan fingerprint density at radius 1 is 0.974 bits per heavy atom. The zero-order chi connectivity index (χ0) is 26.3. The van der Waals surface area contributed by atoms with Gasteiger partial charge in [0.15, 0.2) is 0 Å². The van der Waals surface area contributed by atoms with Crippen LogP contribution in [0.4, 0.5) is 4.39 Å². The number of pyridine rings is 1. The number of nitrogens with one attached hydrogen (secondary N) is 1. The number of halogens is 1. The minimum absolute atomic E-state index is 0.125. The number of amides is 1. The maximum atomic E-state index is 14.9. The van der Waals surface area contributed by atoms with E-state index in [2.05, 4.69) is 36.1 Å². The normalized spacial score (nSPS) is 17.0. The highest BCUT2D eigenvalue weighted by Gasteiger charge is 2.36. The Kier molecular flexibility index (Phi) is 5.89. The summed E-state index contributed by atoms with van der Waals surface area (Å²) >= 11 is 0. The maximum Gasteiger partial charge on any atom is 0.256 e. The molecule has 2 aliphatic rings. The monoisotopic (exact) mass is 522 g/mol. The van der Waals surface area contributed by atoms with Crippen molar-refractivity contribution in [2.75, 3.05) is 26.2 Å². The fourth-order valence-electron chi connectivity index (χ4n) is 5.72. The van der Waals surface area contributed by atoms with Crippen LogP contribution in [-0.2, 0) is 0 Å². The molecule has 1 amide bonds. The van der Waals surface area contributed by atoms with Gasteiger partial charge in [-0.05, 0) is 42.7 Å². The summed E-state index contributed by atoms with van der Waals surface area (Å²) in [4.78, 5) is 33.3. The van der Waals surface area contributed by atoms with E-state index in [1.165, 1.54) is 6.07 Å². The van der Waals surface area contributed by atoms with Crippen LogP contribution >= 0.6 is 0 Å². The third kappa shape index (κ3) is 4.36. The molecule has 10 heteroatoms. The van der Waals surface area contributed by atoms with Crippen LogP contribution in [0.25, 0.3) is 33.4 Å². The van der Waals surface area contributed by atoms with Crippen molar-refractivity contribution in [1.82, 2.24) is 39.5 Å². The molecule has 0 bridgehead atoms. The van der Waals surface area contributed by atoms with E-state index >= 15 is 0 Å². The van der Waals surface area contributed by atoms with Gasteiger partial charge >= 0.3 is 0 Å². The van der Waals surface area contributed by atoms with E-state index < -0.39 is 5.82 Å². The summed E-state index contributed by atoms with van der Waals surface area (Å²) in [5.41, 5.74) is 4.33. The highest BCUT2D eigenvalue weighted by molar-refractivity contribution is 5.95. The molecule has 2 fully saturated rings. The second kappa shape index (κ2) is 9.70. The lowest BCUT2D eigenvalue weighted by atomic mass is 9.96. The number of H-pyrrole nitrogens is 1. The number of likely N-dealkylation sites (tertiary alicyclic amines) is 2. The molecular weight excluding hydrogens is 495 g/mol. The molecule has 5 aromatic rings. The number of hydrogen-bond acceptors (Lipinski definition) is 6. The van der Waals surface area contributed by atoms with Gasteiger partial charge < -0.3 is 9.88 Å². The van der Waals surface area contributed by atoms with Crippen LogP contribution in [0, 0.1) is 5.82 Å². The molecule has 39 heavy (non-hydrogen) atoms. The molecular formula is C29H27FN8O. The van der Waals surface area contributed by atoms with E-state index in [0.717, 1.165) is 53.8 Å². The highest BCUT2D eigenvalue weighted by Crippen LogP contribution is 2.31. The van der Waals surface area contributed by atoms with Gasteiger partial charge in [0, 0.05) is 73.5 Å². The number of piperidine rings is 1. The molecule has 6 heterocycles. The van der Waals surface area contributed by atoms with E-state index in [-0.39, 0.29) is 11.5 Å². The Hall–Kier alpha value is -4.44. The molecule has 2 aliphatic heterocycles. The Labute approximate surface area is 224 Å². The van der Waals surface area contributed by atoms with Crippen LogP contribution < -0.4 is 0 Å². The van der Waals surface area contributed by atoms with Crippen molar-refractivity contribution in [1.29, 1.82) is 0 Å². The Morgan fingerprint density at radius 2 is 1.85 bits per heavy atom. The number of nitrogens with zero attached hydrogens (tertiary/aromatic N) is 7. The van der Waals surface area contributed by atoms with Crippen molar-refractivity contribution in [2.45, 2.75) is 24.9 Å². The highest BCUT2D eigenvalue weighted by atomic mass is 19.1. The van der Waals surface area contributed by atoms with Crippen LogP contribution in [-0.4, -0.2) is 77.6 Å². The zero-order valence-electron chi connectivity index (χ0n) is 21.2. The minimum Gasteiger partial charge on any atom is -0.346 e. The van der Waals surface area contributed by atoms with Gasteiger partial charge in [-0.1, -0.05) is 12.1 Å². The maximum absolute atomic E-state index is 14.9. The first-order valence-electron chi connectivity index (χ1n) is 13.2. The number of rotatable bonds is 5. The summed E-state index contributed by atoms with van der Waals surface area (Å²) in [7, 11) is 0. The Morgan fingerprint density at radius 3 is 2.64 bits per heavy atom. The minimum atomic E-state index is -0.494. The molecule has 0 atom stereocenters. The first-order chi connectivity index (χ1) is 19.1. The van der Waals surface area contributed by atoms with Gasteiger partial charge in [0.25, 0.3) is 5.91 Å². The molecule has 0 aliphatic carbocycles. The van der Waals surface area contributed by atoms with Crippen molar-refractivity contribution in [2.24, 2.45) is 0 Å². The van der Waals surface area contributed by atoms with Crippen molar-refractivity contribution in [3.8, 4) is 22.4 Å². The predicted octanol–water partition coefficient (Wildman–Crippen LogP) is 4.18. The molecule has 0 spiro atoms. The molecule has 1 N–H and O–H groups in total. The van der Waals surface area contributed by atoms with Crippen molar-refractivity contribution in [3.05, 3.63) is 85.1 Å². The van der Waals surface area contributed by atoms with E-state index in [4.69, 9.17) is 0 Å². The fourth-order valence-corrected chi connectivity index (χ4v) is 5.72. The number of hydrogen-bond donors (Lipinski definition) is 1. The predicted molar refractivity (Wildman–Crippen MR) is 144 cm³/mol. The SMILES string of the molecule is O=C(c1ccc(-c2cccnc2)cc1F)N1CCC(N2CC(n3cc(-c4ncnc5[nH]ccc45)cn3)C2)CC1. The summed E-state index contributed by atoms with van der Waals surface area (Å²) in [6.45, 7) is 3.10. The van der Waals surface area contributed by atoms with Gasteiger partial charge in [0.1, 0.15) is 17.8 Å². The summed E-state index contributed by atoms with van der Waals surface area (Å²) in [6, 6.07) is 11.2. The van der Waals surface area contributed by atoms with Gasteiger partial charge in [0.05, 0.1) is 23.5 Å². The number of carbonyl (C=O) groups excluding carboxylic acids is 1. The molecule has 0 radical (unpaired) electrons. The van der Waals surface area contributed by atoms with Crippen molar-refractivity contribution < 1.29 is 9.18 Å². The number of aromatic nitrogens is 6.